The zero-order chi connectivity index (χ0) is 25.9. The maximum absolute atomic E-state index is 7.32. The third-order valence-electron chi connectivity index (χ3n) is 7.67. The van der Waals surface area contributed by atoms with Crippen molar-refractivity contribution < 1.29 is 9.47 Å². The fourth-order valence-electron chi connectivity index (χ4n) is 5.58. The summed E-state index contributed by atoms with van der Waals surface area (Å²) in [7, 11) is 1.96. The molecule has 6 rings (SSSR count). The van der Waals surface area contributed by atoms with Crippen molar-refractivity contribution in [1.82, 2.24) is 19.8 Å². The SMILES string of the molecule is [C-]#[N+]c1cccc(Oc2nc3c(c(N4CCN(CCN5CCOCC5)CC4)n2)-c2cccc(NC)c2C3)c1. The van der Waals surface area contributed by atoms with Gasteiger partial charge in [-0.2, -0.15) is 9.97 Å². The summed E-state index contributed by atoms with van der Waals surface area (Å²) in [6, 6.07) is 13.9. The number of benzene rings is 2. The van der Waals surface area contributed by atoms with E-state index in [9.17, 15) is 0 Å². The summed E-state index contributed by atoms with van der Waals surface area (Å²) in [5, 5.41) is 3.34. The van der Waals surface area contributed by atoms with Crippen LogP contribution in [0.25, 0.3) is 16.0 Å². The van der Waals surface area contributed by atoms with E-state index in [0.717, 1.165) is 94.8 Å². The van der Waals surface area contributed by atoms with Gasteiger partial charge in [0.2, 0.25) is 0 Å². The molecular formula is C29H33N7O2. The summed E-state index contributed by atoms with van der Waals surface area (Å²) < 4.78 is 11.6. The smallest absolute Gasteiger partial charge is 0.324 e. The van der Waals surface area contributed by atoms with E-state index in [1.807, 2.05) is 19.2 Å². The second-order valence-corrected chi connectivity index (χ2v) is 9.90. The van der Waals surface area contributed by atoms with Crippen molar-refractivity contribution in [2.75, 3.05) is 82.8 Å². The van der Waals surface area contributed by atoms with Crippen LogP contribution in [0.5, 0.6) is 11.8 Å². The molecule has 2 saturated heterocycles. The first kappa shape index (κ1) is 24.6. The molecule has 3 aromatic rings. The lowest BCUT2D eigenvalue weighted by molar-refractivity contribution is 0.0331. The monoisotopic (exact) mass is 511 g/mol. The van der Waals surface area contributed by atoms with Gasteiger partial charge in [0.1, 0.15) is 11.6 Å². The second kappa shape index (κ2) is 11.0. The van der Waals surface area contributed by atoms with Gasteiger partial charge in [0, 0.05) is 77.1 Å². The zero-order valence-corrected chi connectivity index (χ0v) is 21.8. The van der Waals surface area contributed by atoms with Crippen LogP contribution in [0.3, 0.4) is 0 Å². The van der Waals surface area contributed by atoms with E-state index in [0.29, 0.717) is 17.4 Å². The van der Waals surface area contributed by atoms with Crippen molar-refractivity contribution in [2.24, 2.45) is 0 Å². The fraction of sp³-hybridized carbons (Fsp3) is 0.414. The highest BCUT2D eigenvalue weighted by Crippen LogP contribution is 2.45. The zero-order valence-electron chi connectivity index (χ0n) is 21.8. The minimum absolute atomic E-state index is 0.328. The van der Waals surface area contributed by atoms with Crippen LogP contribution >= 0.6 is 0 Å². The molecule has 2 aromatic carbocycles. The lowest BCUT2D eigenvalue weighted by atomic mass is 10.0. The number of fused-ring (bicyclic) bond motifs is 3. The van der Waals surface area contributed by atoms with Crippen molar-refractivity contribution in [3.8, 4) is 22.9 Å². The van der Waals surface area contributed by atoms with Crippen LogP contribution in [-0.2, 0) is 11.2 Å². The molecule has 1 aliphatic carbocycles. The van der Waals surface area contributed by atoms with E-state index < -0.39 is 0 Å². The Bertz CT molecular complexity index is 1340. The summed E-state index contributed by atoms with van der Waals surface area (Å²) >= 11 is 0. The summed E-state index contributed by atoms with van der Waals surface area (Å²) in [5.41, 5.74) is 6.18. The van der Waals surface area contributed by atoms with Gasteiger partial charge in [-0.1, -0.05) is 24.3 Å². The molecule has 9 heteroatoms. The predicted octanol–water partition coefficient (Wildman–Crippen LogP) is 3.89. The lowest BCUT2D eigenvalue weighted by Gasteiger charge is -2.37. The van der Waals surface area contributed by atoms with E-state index in [4.69, 9.17) is 26.0 Å². The minimum Gasteiger partial charge on any atom is -0.426 e. The highest BCUT2D eigenvalue weighted by molar-refractivity contribution is 5.88. The first-order valence-electron chi connectivity index (χ1n) is 13.4. The lowest BCUT2D eigenvalue weighted by Crippen LogP contribution is -2.49. The average molecular weight is 512 g/mol. The number of morpholine rings is 1. The molecule has 0 amide bonds. The Kier molecular flexibility index (Phi) is 7.10. The van der Waals surface area contributed by atoms with E-state index in [2.05, 4.69) is 43.1 Å². The van der Waals surface area contributed by atoms with Gasteiger partial charge in [-0.25, -0.2) is 4.85 Å². The molecule has 38 heavy (non-hydrogen) atoms. The molecule has 0 radical (unpaired) electrons. The van der Waals surface area contributed by atoms with Crippen molar-refractivity contribution in [1.29, 1.82) is 0 Å². The van der Waals surface area contributed by atoms with Crippen LogP contribution in [0.2, 0.25) is 0 Å². The van der Waals surface area contributed by atoms with Crippen molar-refractivity contribution in [2.45, 2.75) is 6.42 Å². The van der Waals surface area contributed by atoms with Gasteiger partial charge in [0.15, 0.2) is 5.69 Å². The van der Waals surface area contributed by atoms with Gasteiger partial charge in [0.25, 0.3) is 0 Å². The highest BCUT2D eigenvalue weighted by atomic mass is 16.5. The van der Waals surface area contributed by atoms with Crippen molar-refractivity contribution in [3.63, 3.8) is 0 Å². The van der Waals surface area contributed by atoms with E-state index in [-0.39, 0.29) is 0 Å². The Morgan fingerprint density at radius 3 is 2.50 bits per heavy atom. The largest absolute Gasteiger partial charge is 0.426 e. The number of anilines is 2. The van der Waals surface area contributed by atoms with Crippen LogP contribution < -0.4 is 15.0 Å². The fourth-order valence-corrected chi connectivity index (χ4v) is 5.58. The molecule has 1 aromatic heterocycles. The molecule has 2 fully saturated rings. The van der Waals surface area contributed by atoms with E-state index in [1.54, 1.807) is 12.1 Å². The maximum Gasteiger partial charge on any atom is 0.324 e. The average Bonchev–Trinajstić information content (AvgIpc) is 3.35. The summed E-state index contributed by atoms with van der Waals surface area (Å²) in [6.45, 7) is 17.0. The maximum atomic E-state index is 7.32. The molecule has 196 valence electrons. The number of hydrogen-bond acceptors (Lipinski definition) is 8. The van der Waals surface area contributed by atoms with Crippen molar-refractivity contribution >= 4 is 17.2 Å². The number of hydrogen-bond donors (Lipinski definition) is 1. The second-order valence-electron chi connectivity index (χ2n) is 9.90. The quantitative estimate of drug-likeness (QED) is 0.375. The van der Waals surface area contributed by atoms with Gasteiger partial charge in [-0.05, 0) is 29.3 Å². The number of piperazine rings is 1. The predicted molar refractivity (Wildman–Crippen MR) is 149 cm³/mol. The summed E-state index contributed by atoms with van der Waals surface area (Å²) in [5.74, 6) is 1.51. The number of nitrogens with one attached hydrogen (secondary N) is 1. The Balaban J connectivity index is 1.26. The summed E-state index contributed by atoms with van der Waals surface area (Å²) in [6.07, 6.45) is 0.731. The highest BCUT2D eigenvalue weighted by Gasteiger charge is 2.31. The third kappa shape index (κ3) is 5.03. The van der Waals surface area contributed by atoms with Gasteiger partial charge >= 0.3 is 6.01 Å². The van der Waals surface area contributed by atoms with Crippen LogP contribution in [0.15, 0.2) is 42.5 Å². The Hall–Kier alpha value is -3.71. The molecule has 0 atom stereocenters. The topological polar surface area (TPSA) is 70.4 Å². The van der Waals surface area contributed by atoms with E-state index in [1.165, 1.54) is 11.1 Å². The molecule has 0 unspecified atom stereocenters. The Morgan fingerprint density at radius 2 is 1.74 bits per heavy atom. The van der Waals surface area contributed by atoms with Gasteiger partial charge in [-0.3, -0.25) is 9.80 Å². The minimum atomic E-state index is 0.328. The van der Waals surface area contributed by atoms with Crippen LogP contribution in [0, 0.1) is 6.57 Å². The molecule has 2 aliphatic heterocycles. The molecule has 9 nitrogen and oxygen atoms in total. The van der Waals surface area contributed by atoms with Crippen LogP contribution in [0.1, 0.15) is 11.3 Å². The normalized spacial score (nSPS) is 17.5. The third-order valence-corrected chi connectivity index (χ3v) is 7.67. The molecule has 0 spiro atoms. The molecule has 3 heterocycles. The molecule has 3 aliphatic rings. The van der Waals surface area contributed by atoms with Gasteiger partial charge in [-0.15, -0.1) is 0 Å². The summed E-state index contributed by atoms with van der Waals surface area (Å²) in [4.78, 5) is 20.8. The molecule has 0 bridgehead atoms. The number of nitrogens with zero attached hydrogens (tertiary/aromatic N) is 6. The van der Waals surface area contributed by atoms with Gasteiger partial charge < -0.3 is 19.7 Å². The van der Waals surface area contributed by atoms with Crippen LogP contribution in [0.4, 0.5) is 17.2 Å². The standard InChI is InChI=1S/C29H33N7O2/c1-30-21-5-3-6-22(19-21)38-29-32-26-20-24-23(7-4-8-25(24)31-2)27(26)28(33-29)36-13-11-34(12-14-36)9-10-35-15-17-37-18-16-35/h3-8,19,31H,9-18,20H2,2H3. The number of aromatic nitrogens is 2. The first-order chi connectivity index (χ1) is 18.7. The number of rotatable bonds is 7. The first-order valence-corrected chi connectivity index (χ1v) is 13.4. The van der Waals surface area contributed by atoms with Gasteiger partial charge in [0.05, 0.1) is 25.5 Å². The molecule has 0 saturated carbocycles. The Morgan fingerprint density at radius 1 is 0.974 bits per heavy atom. The Labute approximate surface area is 223 Å². The van der Waals surface area contributed by atoms with Crippen molar-refractivity contribution in [3.05, 3.63) is 65.1 Å². The molecular weight excluding hydrogens is 478 g/mol. The van der Waals surface area contributed by atoms with Crippen LogP contribution in [-0.4, -0.2) is 92.4 Å². The number of ether oxygens (including phenoxy) is 2. The van der Waals surface area contributed by atoms with E-state index >= 15 is 0 Å². The molecule has 1 N–H and O–H groups in total.